The molecular formula is C14H23IN2O2. The molecule has 1 heterocycles. The highest BCUT2D eigenvalue weighted by molar-refractivity contribution is 14.1. The van der Waals surface area contributed by atoms with Crippen LogP contribution in [0.1, 0.15) is 40.5 Å². The van der Waals surface area contributed by atoms with E-state index in [1.165, 1.54) is 0 Å². The Bertz CT molecular complexity index is 385. The van der Waals surface area contributed by atoms with Gasteiger partial charge < -0.3 is 10.1 Å². The van der Waals surface area contributed by atoms with Crippen molar-refractivity contribution in [3.63, 3.8) is 0 Å². The summed E-state index contributed by atoms with van der Waals surface area (Å²) in [6.07, 6.45) is 3.63. The molecule has 0 aliphatic carbocycles. The van der Waals surface area contributed by atoms with Gasteiger partial charge in [-0.25, -0.2) is 4.79 Å². The van der Waals surface area contributed by atoms with Gasteiger partial charge in [0.1, 0.15) is 5.60 Å². The number of amides is 1. The molecule has 5 heteroatoms. The number of halogens is 1. The molecule has 0 saturated carbocycles. The minimum Gasteiger partial charge on any atom is -0.444 e. The number of likely N-dealkylation sites (tertiary alicyclic amines) is 1. The fraction of sp³-hybridized carbons (Fsp3) is 0.643. The van der Waals surface area contributed by atoms with Crippen molar-refractivity contribution >= 4 is 28.7 Å². The minimum absolute atomic E-state index is 0.0135. The van der Waals surface area contributed by atoms with Crippen molar-refractivity contribution in [2.24, 2.45) is 0 Å². The maximum Gasteiger partial charge on any atom is 0.410 e. The second-order valence-corrected chi connectivity index (χ2v) is 6.78. The third-order valence-electron chi connectivity index (χ3n) is 2.82. The van der Waals surface area contributed by atoms with E-state index in [0.29, 0.717) is 0 Å². The van der Waals surface area contributed by atoms with Crippen LogP contribution in [-0.2, 0) is 4.74 Å². The molecule has 1 N–H and O–H groups in total. The van der Waals surface area contributed by atoms with Crippen LogP contribution in [0.25, 0.3) is 0 Å². The lowest BCUT2D eigenvalue weighted by Crippen LogP contribution is -2.42. The van der Waals surface area contributed by atoms with Crippen molar-refractivity contribution in [2.45, 2.75) is 52.2 Å². The number of nitrogens with one attached hydrogen (secondary N) is 1. The zero-order valence-corrected chi connectivity index (χ0v) is 14.3. The zero-order chi connectivity index (χ0) is 14.6. The normalized spacial score (nSPS) is 20.4. The number of rotatable bonds is 3. The van der Waals surface area contributed by atoms with Crippen LogP contribution in [0.5, 0.6) is 0 Å². The smallest absolute Gasteiger partial charge is 0.410 e. The number of allylic oxidation sites excluding steroid dienone is 1. The Hall–Kier alpha value is -0.720. The molecule has 0 radical (unpaired) electrons. The quantitative estimate of drug-likeness (QED) is 0.600. The molecule has 0 aromatic rings. The van der Waals surface area contributed by atoms with Gasteiger partial charge in [0.15, 0.2) is 0 Å². The fourth-order valence-corrected chi connectivity index (χ4v) is 2.32. The lowest BCUT2D eigenvalue weighted by atomic mass is 10.1. The molecular weight excluding hydrogens is 355 g/mol. The van der Waals surface area contributed by atoms with Gasteiger partial charge in [-0.3, -0.25) is 4.90 Å². The molecule has 19 heavy (non-hydrogen) atoms. The molecule has 108 valence electrons. The monoisotopic (exact) mass is 378 g/mol. The van der Waals surface area contributed by atoms with Crippen LogP contribution < -0.4 is 5.32 Å². The predicted molar refractivity (Wildman–Crippen MR) is 86.0 cm³/mol. The van der Waals surface area contributed by atoms with E-state index in [4.69, 9.17) is 4.74 Å². The van der Waals surface area contributed by atoms with Gasteiger partial charge in [0.05, 0.1) is 9.75 Å². The molecule has 0 spiro atoms. The number of hydrogen-bond donors (Lipinski definition) is 1. The molecule has 4 nitrogen and oxygen atoms in total. The van der Waals surface area contributed by atoms with Gasteiger partial charge in [0.25, 0.3) is 0 Å². The van der Waals surface area contributed by atoms with E-state index < -0.39 is 5.60 Å². The molecule has 1 aliphatic rings. The number of ether oxygens (including phenoxy) is 1. The van der Waals surface area contributed by atoms with E-state index in [2.05, 4.69) is 34.5 Å². The second-order valence-electron chi connectivity index (χ2n) is 5.62. The Kier molecular flexibility index (Phi) is 5.70. The number of carbonyl (C=O) groups is 1. The molecule has 0 bridgehead atoms. The average Bonchev–Trinajstić information content (AvgIpc) is 2.75. The highest BCUT2D eigenvalue weighted by Gasteiger charge is 2.33. The first-order valence-electron chi connectivity index (χ1n) is 6.52. The summed E-state index contributed by atoms with van der Waals surface area (Å²) in [6, 6.07) is 0.0135. The van der Waals surface area contributed by atoms with Crippen LogP contribution in [0.4, 0.5) is 4.79 Å². The van der Waals surface area contributed by atoms with Gasteiger partial charge >= 0.3 is 6.09 Å². The topological polar surface area (TPSA) is 41.6 Å². The Morgan fingerprint density at radius 2 is 2.16 bits per heavy atom. The van der Waals surface area contributed by atoms with Crippen LogP contribution in [0.3, 0.4) is 0 Å². The van der Waals surface area contributed by atoms with E-state index in [1.54, 1.807) is 4.90 Å². The summed E-state index contributed by atoms with van der Waals surface area (Å²) in [5, 5.41) is 3.22. The van der Waals surface area contributed by atoms with Crippen LogP contribution in [0.15, 0.2) is 22.1 Å². The van der Waals surface area contributed by atoms with E-state index >= 15 is 0 Å². The van der Waals surface area contributed by atoms with Crippen molar-refractivity contribution in [3.8, 4) is 0 Å². The maximum absolute atomic E-state index is 12.1. The number of carbonyl (C=O) groups excluding carboxylic acids is 1. The summed E-state index contributed by atoms with van der Waals surface area (Å²) in [6.45, 7) is 12.4. The molecule has 0 unspecified atom stereocenters. The zero-order valence-electron chi connectivity index (χ0n) is 12.1. The van der Waals surface area contributed by atoms with Gasteiger partial charge in [0.2, 0.25) is 0 Å². The third-order valence-corrected chi connectivity index (χ3v) is 3.71. The largest absolute Gasteiger partial charge is 0.444 e. The predicted octanol–water partition coefficient (Wildman–Crippen LogP) is 3.79. The number of nitrogens with zero attached hydrogens (tertiary/aromatic N) is 1. The van der Waals surface area contributed by atoms with Crippen LogP contribution in [0.2, 0.25) is 0 Å². The molecule has 1 rings (SSSR count). The Labute approximate surface area is 129 Å². The molecule has 1 atom stereocenters. The second kappa shape index (κ2) is 6.63. The van der Waals surface area contributed by atoms with Gasteiger partial charge in [-0.1, -0.05) is 12.7 Å². The summed E-state index contributed by atoms with van der Waals surface area (Å²) < 4.78 is 6.45. The van der Waals surface area contributed by atoms with Crippen molar-refractivity contribution in [3.05, 3.63) is 22.1 Å². The average molecular weight is 378 g/mol. The first-order valence-corrected chi connectivity index (χ1v) is 7.59. The standard InChI is InChI=1S/C14H23IN2O2/c1-6-12(15)16-10(2)11-8-7-9-17(11)13(18)19-14(3,4)5/h6,11,16H,2,7-9H2,1,3-5H3/b12-6-/t11-/m0/s1. The first kappa shape index (κ1) is 16.3. The van der Waals surface area contributed by atoms with Gasteiger partial charge in [-0.05, 0) is 63.1 Å². The van der Waals surface area contributed by atoms with Crippen molar-refractivity contribution in [1.82, 2.24) is 10.2 Å². The molecule has 0 aromatic carbocycles. The molecule has 1 fully saturated rings. The molecule has 0 aromatic heterocycles. The van der Waals surface area contributed by atoms with Crippen LogP contribution >= 0.6 is 22.6 Å². The lowest BCUT2D eigenvalue weighted by molar-refractivity contribution is 0.0246. The fourth-order valence-electron chi connectivity index (χ4n) is 1.98. The summed E-state index contributed by atoms with van der Waals surface area (Å²) in [7, 11) is 0. The minimum atomic E-state index is -0.462. The van der Waals surface area contributed by atoms with Crippen molar-refractivity contribution in [2.75, 3.05) is 6.54 Å². The van der Waals surface area contributed by atoms with Crippen molar-refractivity contribution in [1.29, 1.82) is 0 Å². The summed E-state index contributed by atoms with van der Waals surface area (Å²) in [5.41, 5.74) is 0.391. The molecule has 1 amide bonds. The van der Waals surface area contributed by atoms with E-state index in [1.807, 2.05) is 33.8 Å². The first-order chi connectivity index (χ1) is 8.74. The van der Waals surface area contributed by atoms with Crippen LogP contribution in [0, 0.1) is 0 Å². The Morgan fingerprint density at radius 3 is 2.68 bits per heavy atom. The van der Waals surface area contributed by atoms with E-state index in [0.717, 1.165) is 28.8 Å². The SMILES string of the molecule is C=C(N/C(I)=C\C)[C@@H]1CCCN1C(=O)OC(C)(C)C. The highest BCUT2D eigenvalue weighted by Crippen LogP contribution is 2.25. The Balaban J connectivity index is 2.68. The Morgan fingerprint density at radius 1 is 1.53 bits per heavy atom. The third kappa shape index (κ3) is 5.04. The van der Waals surface area contributed by atoms with Crippen molar-refractivity contribution < 1.29 is 9.53 Å². The van der Waals surface area contributed by atoms with E-state index in [-0.39, 0.29) is 12.1 Å². The highest BCUT2D eigenvalue weighted by atomic mass is 127. The summed E-state index contributed by atoms with van der Waals surface area (Å²) >= 11 is 2.21. The van der Waals surface area contributed by atoms with Gasteiger partial charge in [-0.15, -0.1) is 0 Å². The molecule has 1 aliphatic heterocycles. The summed E-state index contributed by atoms with van der Waals surface area (Å²) in [4.78, 5) is 13.9. The number of hydrogen-bond acceptors (Lipinski definition) is 3. The van der Waals surface area contributed by atoms with E-state index in [9.17, 15) is 4.79 Å². The maximum atomic E-state index is 12.1. The van der Waals surface area contributed by atoms with Gasteiger partial charge in [-0.2, -0.15) is 0 Å². The lowest BCUT2D eigenvalue weighted by Gasteiger charge is -2.29. The van der Waals surface area contributed by atoms with Crippen LogP contribution in [-0.4, -0.2) is 29.2 Å². The molecule has 1 saturated heterocycles. The van der Waals surface area contributed by atoms with Gasteiger partial charge in [0, 0.05) is 12.2 Å². The summed E-state index contributed by atoms with van der Waals surface area (Å²) in [5.74, 6) is 0.